The third-order valence-corrected chi connectivity index (χ3v) is 4.22. The fraction of sp³-hybridized carbons (Fsp3) is 0.300. The molecular weight excluding hydrogens is 284 g/mol. The predicted octanol–water partition coefficient (Wildman–Crippen LogP) is 3.40. The van der Waals surface area contributed by atoms with Crippen LogP contribution in [0.5, 0.6) is 5.75 Å². The maximum absolute atomic E-state index is 5.95. The Morgan fingerprint density at radius 1 is 1.09 bits per heavy atom. The molecule has 1 aliphatic rings. The van der Waals surface area contributed by atoms with Gasteiger partial charge in [0.15, 0.2) is 0 Å². The van der Waals surface area contributed by atoms with E-state index in [4.69, 9.17) is 4.74 Å². The molecule has 0 radical (unpaired) electrons. The Labute approximate surface area is 138 Å². The van der Waals surface area contributed by atoms with E-state index in [1.807, 2.05) is 30.3 Å². The van der Waals surface area contributed by atoms with Gasteiger partial charge < -0.3 is 10.1 Å². The third-order valence-electron chi connectivity index (χ3n) is 4.22. The van der Waals surface area contributed by atoms with Crippen LogP contribution >= 0.6 is 0 Å². The van der Waals surface area contributed by atoms with Crippen molar-refractivity contribution in [3.05, 3.63) is 78.4 Å². The van der Waals surface area contributed by atoms with E-state index >= 15 is 0 Å². The predicted molar refractivity (Wildman–Crippen MR) is 94.6 cm³/mol. The molecule has 0 amide bonds. The lowest BCUT2D eigenvalue weighted by Crippen LogP contribution is -2.44. The van der Waals surface area contributed by atoms with Gasteiger partial charge in [0.05, 0.1) is 6.04 Å². The van der Waals surface area contributed by atoms with Gasteiger partial charge in [0.25, 0.3) is 0 Å². The Morgan fingerprint density at radius 2 is 1.87 bits per heavy atom. The van der Waals surface area contributed by atoms with E-state index in [-0.39, 0.29) is 6.04 Å². The molecule has 2 aromatic rings. The fourth-order valence-corrected chi connectivity index (χ4v) is 2.99. The number of hydrogen-bond donors (Lipinski definition) is 1. The van der Waals surface area contributed by atoms with Gasteiger partial charge in [0.1, 0.15) is 12.4 Å². The summed E-state index contributed by atoms with van der Waals surface area (Å²) in [5, 5.41) is 3.39. The standard InChI is InChI=1S/C20H24N2O/c1-2-20(22-13-11-21-12-14-22)18-9-6-10-19(15-18)23-16-17-7-4-3-5-8-17/h2-10,15,20-21H,1,11-14,16H2/t20-/m1/s1. The van der Waals surface area contributed by atoms with Crippen molar-refractivity contribution in [2.24, 2.45) is 0 Å². The zero-order valence-corrected chi connectivity index (χ0v) is 13.4. The van der Waals surface area contributed by atoms with Gasteiger partial charge in [-0.1, -0.05) is 48.5 Å². The molecular formula is C20H24N2O. The maximum Gasteiger partial charge on any atom is 0.120 e. The van der Waals surface area contributed by atoms with Gasteiger partial charge in [-0.3, -0.25) is 4.90 Å². The third kappa shape index (κ3) is 4.21. The summed E-state index contributed by atoms with van der Waals surface area (Å²) < 4.78 is 5.95. The first-order chi connectivity index (χ1) is 11.4. The summed E-state index contributed by atoms with van der Waals surface area (Å²) in [6.45, 7) is 8.79. The Hall–Kier alpha value is -2.10. The Morgan fingerprint density at radius 3 is 2.61 bits per heavy atom. The highest BCUT2D eigenvalue weighted by molar-refractivity contribution is 5.33. The first kappa shape index (κ1) is 15.8. The Kier molecular flexibility index (Phi) is 5.46. The van der Waals surface area contributed by atoms with Gasteiger partial charge in [-0.05, 0) is 23.3 Å². The van der Waals surface area contributed by atoms with Gasteiger partial charge in [-0.15, -0.1) is 6.58 Å². The summed E-state index contributed by atoms with van der Waals surface area (Å²) in [6.07, 6.45) is 2.03. The lowest BCUT2D eigenvalue weighted by molar-refractivity contribution is 0.203. The van der Waals surface area contributed by atoms with Gasteiger partial charge in [-0.2, -0.15) is 0 Å². The lowest BCUT2D eigenvalue weighted by atomic mass is 10.0. The van der Waals surface area contributed by atoms with Crippen LogP contribution in [0, 0.1) is 0 Å². The molecule has 3 nitrogen and oxygen atoms in total. The molecule has 1 aliphatic heterocycles. The molecule has 3 heteroatoms. The Balaban J connectivity index is 1.69. The molecule has 1 fully saturated rings. The van der Waals surface area contributed by atoms with Crippen LogP contribution in [0.1, 0.15) is 17.2 Å². The zero-order chi connectivity index (χ0) is 15.9. The summed E-state index contributed by atoms with van der Waals surface area (Å²) >= 11 is 0. The van der Waals surface area contributed by atoms with Crippen LogP contribution in [0.4, 0.5) is 0 Å². The number of piperazine rings is 1. The molecule has 0 spiro atoms. The molecule has 2 aromatic carbocycles. The smallest absolute Gasteiger partial charge is 0.120 e. The average Bonchev–Trinajstić information content (AvgIpc) is 2.63. The van der Waals surface area contributed by atoms with Crippen molar-refractivity contribution in [1.29, 1.82) is 0 Å². The van der Waals surface area contributed by atoms with Crippen LogP contribution in [-0.2, 0) is 6.61 Å². The first-order valence-corrected chi connectivity index (χ1v) is 8.21. The van der Waals surface area contributed by atoms with E-state index < -0.39 is 0 Å². The Bertz CT molecular complexity index is 621. The number of nitrogens with zero attached hydrogens (tertiary/aromatic N) is 1. The van der Waals surface area contributed by atoms with Crippen molar-refractivity contribution in [1.82, 2.24) is 10.2 Å². The molecule has 1 heterocycles. The number of benzene rings is 2. The largest absolute Gasteiger partial charge is 0.489 e. The highest BCUT2D eigenvalue weighted by Crippen LogP contribution is 2.26. The van der Waals surface area contributed by atoms with Crippen LogP contribution in [0.2, 0.25) is 0 Å². The molecule has 3 rings (SSSR count). The minimum Gasteiger partial charge on any atom is -0.489 e. The van der Waals surface area contributed by atoms with Crippen molar-refractivity contribution in [2.45, 2.75) is 12.6 Å². The second-order valence-electron chi connectivity index (χ2n) is 5.81. The number of rotatable bonds is 6. The summed E-state index contributed by atoms with van der Waals surface area (Å²) in [5.74, 6) is 0.910. The monoisotopic (exact) mass is 308 g/mol. The number of hydrogen-bond acceptors (Lipinski definition) is 3. The lowest BCUT2D eigenvalue weighted by Gasteiger charge is -2.33. The van der Waals surface area contributed by atoms with E-state index in [0.717, 1.165) is 31.9 Å². The van der Waals surface area contributed by atoms with Gasteiger partial charge in [0.2, 0.25) is 0 Å². The van der Waals surface area contributed by atoms with E-state index in [1.165, 1.54) is 11.1 Å². The van der Waals surface area contributed by atoms with Gasteiger partial charge in [0, 0.05) is 26.2 Å². The minimum atomic E-state index is 0.248. The second kappa shape index (κ2) is 7.95. The van der Waals surface area contributed by atoms with Crippen LogP contribution in [0.3, 0.4) is 0 Å². The molecule has 0 bridgehead atoms. The molecule has 23 heavy (non-hydrogen) atoms. The van der Waals surface area contributed by atoms with Gasteiger partial charge >= 0.3 is 0 Å². The second-order valence-corrected chi connectivity index (χ2v) is 5.81. The van der Waals surface area contributed by atoms with Crippen LogP contribution in [0.15, 0.2) is 67.3 Å². The highest BCUT2D eigenvalue weighted by Gasteiger charge is 2.19. The van der Waals surface area contributed by atoms with Crippen LogP contribution < -0.4 is 10.1 Å². The van der Waals surface area contributed by atoms with Crippen LogP contribution in [0.25, 0.3) is 0 Å². The van der Waals surface area contributed by atoms with Crippen molar-refractivity contribution in [3.8, 4) is 5.75 Å². The van der Waals surface area contributed by atoms with E-state index in [2.05, 4.69) is 47.1 Å². The van der Waals surface area contributed by atoms with E-state index in [1.54, 1.807) is 0 Å². The molecule has 0 saturated carbocycles. The fourth-order valence-electron chi connectivity index (χ4n) is 2.99. The maximum atomic E-state index is 5.95. The van der Waals surface area contributed by atoms with E-state index in [9.17, 15) is 0 Å². The molecule has 0 unspecified atom stereocenters. The van der Waals surface area contributed by atoms with Gasteiger partial charge in [-0.25, -0.2) is 0 Å². The molecule has 0 aliphatic carbocycles. The number of nitrogens with one attached hydrogen (secondary N) is 1. The number of ether oxygens (including phenoxy) is 1. The summed E-state index contributed by atoms with van der Waals surface area (Å²) in [5.41, 5.74) is 2.42. The minimum absolute atomic E-state index is 0.248. The molecule has 1 atom stereocenters. The van der Waals surface area contributed by atoms with Crippen molar-refractivity contribution in [2.75, 3.05) is 26.2 Å². The van der Waals surface area contributed by atoms with Crippen molar-refractivity contribution >= 4 is 0 Å². The quantitative estimate of drug-likeness (QED) is 0.828. The van der Waals surface area contributed by atoms with Crippen molar-refractivity contribution < 1.29 is 4.74 Å². The average molecular weight is 308 g/mol. The van der Waals surface area contributed by atoms with E-state index in [0.29, 0.717) is 6.61 Å². The molecule has 1 saturated heterocycles. The molecule has 0 aromatic heterocycles. The van der Waals surface area contributed by atoms with Crippen molar-refractivity contribution in [3.63, 3.8) is 0 Å². The first-order valence-electron chi connectivity index (χ1n) is 8.21. The SMILES string of the molecule is C=C[C@H](c1cccc(OCc2ccccc2)c1)N1CCNCC1. The summed E-state index contributed by atoms with van der Waals surface area (Å²) in [4.78, 5) is 2.46. The topological polar surface area (TPSA) is 24.5 Å². The molecule has 1 N–H and O–H groups in total. The summed E-state index contributed by atoms with van der Waals surface area (Å²) in [7, 11) is 0. The normalized spacial score (nSPS) is 16.7. The van der Waals surface area contributed by atoms with Crippen LogP contribution in [-0.4, -0.2) is 31.1 Å². The molecule has 120 valence electrons. The summed E-state index contributed by atoms with van der Waals surface area (Å²) in [6, 6.07) is 18.9. The highest BCUT2D eigenvalue weighted by atomic mass is 16.5. The zero-order valence-electron chi connectivity index (χ0n) is 13.4.